The molecule has 1 aromatic heterocycles. The molecule has 108 valence electrons. The van der Waals surface area contributed by atoms with Gasteiger partial charge < -0.3 is 5.11 Å². The molecule has 0 aliphatic heterocycles. The molecule has 1 N–H and O–H groups in total. The van der Waals surface area contributed by atoms with Crippen LogP contribution in [0.15, 0.2) is 23.6 Å². The number of aliphatic hydroxyl groups is 1. The first-order valence-electron chi connectivity index (χ1n) is 6.35. The van der Waals surface area contributed by atoms with Crippen LogP contribution >= 0.6 is 11.3 Å². The summed E-state index contributed by atoms with van der Waals surface area (Å²) in [5, 5.41) is 12.7. The molecule has 0 aliphatic carbocycles. The molecular formula is C15H17F2NOS. The lowest BCUT2D eigenvalue weighted by molar-refractivity contribution is 0.173. The number of benzene rings is 1. The fourth-order valence-electron chi connectivity index (χ4n) is 1.79. The zero-order valence-corrected chi connectivity index (χ0v) is 12.5. The predicted molar refractivity (Wildman–Crippen MR) is 75.8 cm³/mol. The van der Waals surface area contributed by atoms with Crippen molar-refractivity contribution in [3.05, 3.63) is 51.5 Å². The molecule has 20 heavy (non-hydrogen) atoms. The fraction of sp³-hybridized carbons (Fsp3) is 0.400. The normalized spacial score (nSPS) is 13.5. The number of nitrogens with zero attached hydrogens (tertiary/aromatic N) is 1. The smallest absolute Gasteiger partial charge is 0.129 e. The van der Waals surface area contributed by atoms with Gasteiger partial charge in [-0.1, -0.05) is 20.8 Å². The van der Waals surface area contributed by atoms with Gasteiger partial charge in [0, 0.05) is 22.8 Å². The lowest BCUT2D eigenvalue weighted by Crippen LogP contribution is -2.12. The average Bonchev–Trinajstić information content (AvgIpc) is 2.80. The Balaban J connectivity index is 2.17. The van der Waals surface area contributed by atoms with Crippen LogP contribution in [0.1, 0.15) is 43.1 Å². The van der Waals surface area contributed by atoms with E-state index in [0.717, 1.165) is 23.9 Å². The van der Waals surface area contributed by atoms with Crippen LogP contribution in [0, 0.1) is 11.6 Å². The Hall–Kier alpha value is -1.33. The van der Waals surface area contributed by atoms with Crippen molar-refractivity contribution in [3.8, 4) is 0 Å². The number of halogens is 2. The first kappa shape index (κ1) is 15.1. The van der Waals surface area contributed by atoms with Crippen molar-refractivity contribution in [2.75, 3.05) is 0 Å². The van der Waals surface area contributed by atoms with Crippen molar-refractivity contribution in [1.29, 1.82) is 0 Å². The van der Waals surface area contributed by atoms with Crippen LogP contribution in [0.3, 0.4) is 0 Å². The number of thiazole rings is 1. The van der Waals surface area contributed by atoms with Crippen LogP contribution in [0.5, 0.6) is 0 Å². The lowest BCUT2D eigenvalue weighted by Gasteiger charge is -2.14. The second-order valence-corrected chi connectivity index (χ2v) is 6.70. The molecule has 0 amide bonds. The molecular weight excluding hydrogens is 280 g/mol. The van der Waals surface area contributed by atoms with E-state index in [4.69, 9.17) is 0 Å². The standard InChI is InChI=1S/C15H17F2NOS/c1-15(2,3)13-8-20-14(18-13)7-12(19)10-6-9(16)4-5-11(10)17/h4-6,8,12,19H,7H2,1-3H3. The topological polar surface area (TPSA) is 33.1 Å². The van der Waals surface area contributed by atoms with Crippen molar-refractivity contribution in [2.45, 2.75) is 38.7 Å². The third kappa shape index (κ3) is 3.41. The lowest BCUT2D eigenvalue weighted by atomic mass is 9.93. The Labute approximate surface area is 121 Å². The first-order chi connectivity index (χ1) is 9.27. The van der Waals surface area contributed by atoms with Gasteiger partial charge in [-0.2, -0.15) is 0 Å². The summed E-state index contributed by atoms with van der Waals surface area (Å²) in [4.78, 5) is 4.44. The molecule has 0 spiro atoms. The maximum atomic E-state index is 13.6. The van der Waals surface area contributed by atoms with Crippen LogP contribution in [0.25, 0.3) is 0 Å². The molecule has 1 heterocycles. The molecule has 0 aliphatic rings. The summed E-state index contributed by atoms with van der Waals surface area (Å²) in [7, 11) is 0. The molecule has 5 heteroatoms. The summed E-state index contributed by atoms with van der Waals surface area (Å²) in [6.07, 6.45) is -0.911. The van der Waals surface area contributed by atoms with Crippen molar-refractivity contribution in [2.24, 2.45) is 0 Å². The SMILES string of the molecule is CC(C)(C)c1csc(CC(O)c2cc(F)ccc2F)n1. The highest BCUT2D eigenvalue weighted by Gasteiger charge is 2.20. The summed E-state index contributed by atoms with van der Waals surface area (Å²) in [6.45, 7) is 6.15. The number of rotatable bonds is 3. The van der Waals surface area contributed by atoms with E-state index in [2.05, 4.69) is 25.8 Å². The second-order valence-electron chi connectivity index (χ2n) is 5.76. The molecule has 0 saturated heterocycles. The number of aromatic nitrogens is 1. The molecule has 1 atom stereocenters. The fourth-order valence-corrected chi connectivity index (χ4v) is 2.85. The van der Waals surface area contributed by atoms with E-state index in [0.29, 0.717) is 5.01 Å². The van der Waals surface area contributed by atoms with Crippen molar-refractivity contribution < 1.29 is 13.9 Å². The Morgan fingerprint density at radius 1 is 1.30 bits per heavy atom. The van der Waals surface area contributed by atoms with Gasteiger partial charge in [-0.25, -0.2) is 13.8 Å². The van der Waals surface area contributed by atoms with E-state index in [9.17, 15) is 13.9 Å². The van der Waals surface area contributed by atoms with E-state index in [-0.39, 0.29) is 17.4 Å². The van der Waals surface area contributed by atoms with Crippen LogP contribution in [-0.2, 0) is 11.8 Å². The molecule has 0 bridgehead atoms. The highest BCUT2D eigenvalue weighted by Crippen LogP contribution is 2.27. The van der Waals surface area contributed by atoms with Crippen LogP contribution in [0.4, 0.5) is 8.78 Å². The summed E-state index contributed by atoms with van der Waals surface area (Å²) in [6, 6.07) is 3.08. The van der Waals surface area contributed by atoms with Crippen molar-refractivity contribution in [1.82, 2.24) is 4.98 Å². The van der Waals surface area contributed by atoms with Gasteiger partial charge in [-0.3, -0.25) is 0 Å². The third-order valence-electron chi connectivity index (χ3n) is 3.01. The van der Waals surface area contributed by atoms with E-state index in [1.165, 1.54) is 11.3 Å². The Bertz CT molecular complexity index is 604. The van der Waals surface area contributed by atoms with Gasteiger partial charge in [-0.15, -0.1) is 11.3 Å². The quantitative estimate of drug-likeness (QED) is 0.929. The maximum absolute atomic E-state index is 13.6. The molecule has 0 saturated carbocycles. The summed E-state index contributed by atoms with van der Waals surface area (Å²) >= 11 is 1.42. The number of hydrogen-bond acceptors (Lipinski definition) is 3. The highest BCUT2D eigenvalue weighted by atomic mass is 32.1. The van der Waals surface area contributed by atoms with Crippen LogP contribution in [-0.4, -0.2) is 10.1 Å². The van der Waals surface area contributed by atoms with Gasteiger partial charge in [0.25, 0.3) is 0 Å². The highest BCUT2D eigenvalue weighted by molar-refractivity contribution is 7.09. The Morgan fingerprint density at radius 2 is 2.00 bits per heavy atom. The molecule has 1 aromatic carbocycles. The van der Waals surface area contributed by atoms with E-state index in [1.54, 1.807) is 0 Å². The Kier molecular flexibility index (Phi) is 4.20. The van der Waals surface area contributed by atoms with Crippen molar-refractivity contribution >= 4 is 11.3 Å². The van der Waals surface area contributed by atoms with Crippen molar-refractivity contribution in [3.63, 3.8) is 0 Å². The molecule has 2 aromatic rings. The molecule has 2 rings (SSSR count). The van der Waals surface area contributed by atoms with Gasteiger partial charge in [0.1, 0.15) is 11.6 Å². The molecule has 1 unspecified atom stereocenters. The van der Waals surface area contributed by atoms with E-state index in [1.807, 2.05) is 5.38 Å². The van der Waals surface area contributed by atoms with E-state index < -0.39 is 17.7 Å². The maximum Gasteiger partial charge on any atom is 0.129 e. The van der Waals surface area contributed by atoms with Gasteiger partial charge >= 0.3 is 0 Å². The minimum atomic E-state index is -1.09. The van der Waals surface area contributed by atoms with Gasteiger partial charge in [0.15, 0.2) is 0 Å². The summed E-state index contributed by atoms with van der Waals surface area (Å²) in [5.41, 5.74) is 0.839. The van der Waals surface area contributed by atoms with Gasteiger partial charge in [0.05, 0.1) is 16.8 Å². The van der Waals surface area contributed by atoms with Crippen LogP contribution in [0.2, 0.25) is 0 Å². The number of hydrogen-bond donors (Lipinski definition) is 1. The summed E-state index contributed by atoms with van der Waals surface area (Å²) < 4.78 is 26.7. The summed E-state index contributed by atoms with van der Waals surface area (Å²) in [5.74, 6) is -1.17. The number of aliphatic hydroxyl groups excluding tert-OH is 1. The predicted octanol–water partition coefficient (Wildman–Crippen LogP) is 3.99. The van der Waals surface area contributed by atoms with E-state index >= 15 is 0 Å². The Morgan fingerprint density at radius 3 is 2.60 bits per heavy atom. The average molecular weight is 297 g/mol. The third-order valence-corrected chi connectivity index (χ3v) is 3.88. The monoisotopic (exact) mass is 297 g/mol. The van der Waals surface area contributed by atoms with Gasteiger partial charge in [-0.05, 0) is 18.2 Å². The van der Waals surface area contributed by atoms with Gasteiger partial charge in [0.2, 0.25) is 0 Å². The first-order valence-corrected chi connectivity index (χ1v) is 7.23. The zero-order valence-electron chi connectivity index (χ0n) is 11.7. The largest absolute Gasteiger partial charge is 0.388 e. The zero-order chi connectivity index (χ0) is 14.9. The molecule has 2 nitrogen and oxygen atoms in total. The minimum Gasteiger partial charge on any atom is -0.388 e. The second kappa shape index (κ2) is 5.58. The molecule has 0 radical (unpaired) electrons. The van der Waals surface area contributed by atoms with Crippen LogP contribution < -0.4 is 0 Å². The minimum absolute atomic E-state index is 0.0301. The molecule has 0 fully saturated rings.